The van der Waals surface area contributed by atoms with Crippen LogP contribution in [0.1, 0.15) is 13.8 Å². The first-order valence-corrected chi connectivity index (χ1v) is 4.35. The first-order chi connectivity index (χ1) is 6.61. The molecular formula is C9H16O5. The molecule has 0 aromatic heterocycles. The van der Waals surface area contributed by atoms with Crippen molar-refractivity contribution in [1.29, 1.82) is 0 Å². The van der Waals surface area contributed by atoms with Crippen molar-refractivity contribution in [3.8, 4) is 0 Å². The molecule has 1 rings (SSSR count). The number of rotatable bonds is 4. The monoisotopic (exact) mass is 204 g/mol. The van der Waals surface area contributed by atoms with Gasteiger partial charge in [-0.15, -0.1) is 0 Å². The first-order valence-electron chi connectivity index (χ1n) is 4.35. The predicted octanol–water partition coefficient (Wildman–Crippen LogP) is 0.389. The summed E-state index contributed by atoms with van der Waals surface area (Å²) in [6, 6.07) is 0. The van der Waals surface area contributed by atoms with Gasteiger partial charge >= 0.3 is 5.97 Å². The normalized spacial score (nSPS) is 19.4. The van der Waals surface area contributed by atoms with E-state index in [2.05, 4.69) is 0 Å². The van der Waals surface area contributed by atoms with Crippen LogP contribution in [0.4, 0.5) is 0 Å². The van der Waals surface area contributed by atoms with Crippen LogP contribution in [-0.4, -0.2) is 42.1 Å². The van der Waals surface area contributed by atoms with E-state index in [1.165, 1.54) is 13.2 Å². The quantitative estimate of drug-likeness (QED) is 0.393. The van der Waals surface area contributed by atoms with Crippen LogP contribution in [0, 0.1) is 0 Å². The van der Waals surface area contributed by atoms with Gasteiger partial charge in [-0.3, -0.25) is 0 Å². The molecule has 0 amide bonds. The summed E-state index contributed by atoms with van der Waals surface area (Å²) >= 11 is 0. The number of aliphatic hydroxyl groups excluding tert-OH is 1. The SMILES string of the molecule is CC(=COCC1CO1)C(=O)O.CCO. The van der Waals surface area contributed by atoms with Gasteiger partial charge in [0.1, 0.15) is 12.7 Å². The lowest BCUT2D eigenvalue weighted by atomic mass is 10.3. The second-order valence-corrected chi connectivity index (χ2v) is 2.71. The van der Waals surface area contributed by atoms with Crippen molar-refractivity contribution in [1.82, 2.24) is 0 Å². The van der Waals surface area contributed by atoms with Crippen molar-refractivity contribution >= 4 is 5.97 Å². The highest BCUT2D eigenvalue weighted by Crippen LogP contribution is 2.08. The summed E-state index contributed by atoms with van der Waals surface area (Å²) in [4.78, 5) is 10.2. The molecule has 0 aromatic carbocycles. The fraction of sp³-hybridized carbons (Fsp3) is 0.667. The average molecular weight is 204 g/mol. The number of aliphatic hydroxyl groups is 1. The van der Waals surface area contributed by atoms with Crippen molar-refractivity contribution in [2.75, 3.05) is 19.8 Å². The lowest BCUT2D eigenvalue weighted by Crippen LogP contribution is -2.00. The van der Waals surface area contributed by atoms with Gasteiger partial charge in [0.05, 0.1) is 18.4 Å². The van der Waals surface area contributed by atoms with Crippen LogP contribution >= 0.6 is 0 Å². The third-order valence-electron chi connectivity index (χ3n) is 1.28. The zero-order valence-corrected chi connectivity index (χ0v) is 8.40. The minimum atomic E-state index is -0.957. The Hall–Kier alpha value is -1.07. The number of aliphatic carboxylic acids is 1. The highest BCUT2D eigenvalue weighted by Gasteiger charge is 2.22. The Morgan fingerprint density at radius 1 is 1.71 bits per heavy atom. The summed E-state index contributed by atoms with van der Waals surface area (Å²) in [6.07, 6.45) is 1.41. The van der Waals surface area contributed by atoms with E-state index in [0.29, 0.717) is 6.61 Å². The molecule has 1 unspecified atom stereocenters. The van der Waals surface area contributed by atoms with Crippen molar-refractivity contribution in [2.45, 2.75) is 20.0 Å². The second kappa shape index (κ2) is 7.34. The first kappa shape index (κ1) is 12.9. The van der Waals surface area contributed by atoms with Crippen molar-refractivity contribution in [3.63, 3.8) is 0 Å². The molecule has 0 radical (unpaired) electrons. The van der Waals surface area contributed by atoms with E-state index in [9.17, 15) is 4.79 Å². The Morgan fingerprint density at radius 2 is 2.21 bits per heavy atom. The molecule has 0 aromatic rings. The number of hydrogen-bond acceptors (Lipinski definition) is 4. The van der Waals surface area contributed by atoms with Gasteiger partial charge in [0.15, 0.2) is 0 Å². The van der Waals surface area contributed by atoms with E-state index in [4.69, 9.17) is 19.7 Å². The molecule has 1 heterocycles. The summed E-state index contributed by atoms with van der Waals surface area (Å²) in [5.74, 6) is -0.957. The molecule has 1 atom stereocenters. The molecule has 1 aliphatic heterocycles. The van der Waals surface area contributed by atoms with Gasteiger partial charge in [-0.1, -0.05) is 0 Å². The van der Waals surface area contributed by atoms with Gasteiger partial charge in [0.25, 0.3) is 0 Å². The molecular weight excluding hydrogens is 188 g/mol. The smallest absolute Gasteiger partial charge is 0.334 e. The van der Waals surface area contributed by atoms with Crippen LogP contribution in [0.25, 0.3) is 0 Å². The zero-order valence-electron chi connectivity index (χ0n) is 8.40. The van der Waals surface area contributed by atoms with Crippen molar-refractivity contribution in [3.05, 3.63) is 11.8 Å². The van der Waals surface area contributed by atoms with Gasteiger partial charge in [-0.25, -0.2) is 4.79 Å². The number of carboxylic acids is 1. The molecule has 0 spiro atoms. The van der Waals surface area contributed by atoms with Gasteiger partial charge in [0, 0.05) is 6.61 Å². The Morgan fingerprint density at radius 3 is 2.57 bits per heavy atom. The summed E-state index contributed by atoms with van der Waals surface area (Å²) in [5, 5.41) is 16.0. The minimum Gasteiger partial charge on any atom is -0.498 e. The minimum absolute atomic E-state index is 0.174. The maximum atomic E-state index is 10.2. The molecule has 5 nitrogen and oxygen atoms in total. The summed E-state index contributed by atoms with van der Waals surface area (Å²) in [5.41, 5.74) is 0.200. The van der Waals surface area contributed by atoms with Crippen LogP contribution in [0.3, 0.4) is 0 Å². The number of epoxide rings is 1. The topological polar surface area (TPSA) is 79.3 Å². The van der Waals surface area contributed by atoms with Crippen molar-refractivity contribution in [2.24, 2.45) is 0 Å². The predicted molar refractivity (Wildman–Crippen MR) is 49.8 cm³/mol. The Bertz CT molecular complexity index is 195. The summed E-state index contributed by atoms with van der Waals surface area (Å²) in [6.45, 7) is 4.58. The van der Waals surface area contributed by atoms with Crippen molar-refractivity contribution < 1.29 is 24.5 Å². The summed E-state index contributed by atoms with van der Waals surface area (Å²) in [7, 11) is 0. The molecule has 2 N–H and O–H groups in total. The van der Waals surface area contributed by atoms with Crippen LogP contribution in [-0.2, 0) is 14.3 Å². The van der Waals surface area contributed by atoms with E-state index >= 15 is 0 Å². The average Bonchev–Trinajstić information content (AvgIpc) is 2.89. The van der Waals surface area contributed by atoms with E-state index < -0.39 is 5.97 Å². The second-order valence-electron chi connectivity index (χ2n) is 2.71. The third-order valence-corrected chi connectivity index (χ3v) is 1.28. The fourth-order valence-electron chi connectivity index (χ4n) is 0.495. The van der Waals surface area contributed by atoms with E-state index in [1.807, 2.05) is 0 Å². The molecule has 1 fully saturated rings. The zero-order chi connectivity index (χ0) is 11.0. The van der Waals surface area contributed by atoms with E-state index in [0.717, 1.165) is 6.61 Å². The van der Waals surface area contributed by atoms with Crippen LogP contribution in [0.15, 0.2) is 11.8 Å². The molecule has 5 heteroatoms. The van der Waals surface area contributed by atoms with Gasteiger partial charge in [-0.05, 0) is 13.8 Å². The van der Waals surface area contributed by atoms with Crippen LogP contribution in [0.2, 0.25) is 0 Å². The maximum absolute atomic E-state index is 10.2. The number of carbonyl (C=O) groups is 1. The molecule has 0 bridgehead atoms. The lowest BCUT2D eigenvalue weighted by molar-refractivity contribution is -0.132. The van der Waals surface area contributed by atoms with E-state index in [-0.39, 0.29) is 18.3 Å². The van der Waals surface area contributed by atoms with Gasteiger partial charge < -0.3 is 19.7 Å². The molecule has 1 aliphatic rings. The summed E-state index contributed by atoms with van der Waals surface area (Å²) < 4.78 is 9.76. The van der Waals surface area contributed by atoms with E-state index in [1.54, 1.807) is 6.92 Å². The molecule has 0 aliphatic carbocycles. The van der Waals surface area contributed by atoms with Gasteiger partial charge in [-0.2, -0.15) is 0 Å². The Balaban J connectivity index is 0.000000500. The highest BCUT2D eigenvalue weighted by molar-refractivity contribution is 5.85. The Kier molecular flexibility index (Phi) is 6.78. The molecule has 82 valence electrons. The number of ether oxygens (including phenoxy) is 2. The van der Waals surface area contributed by atoms with Crippen LogP contribution < -0.4 is 0 Å². The Labute approximate surface area is 82.9 Å². The third kappa shape index (κ3) is 7.57. The standard InChI is InChI=1S/C7H10O4.C2H6O/c1-5(7(8)9)2-10-3-6-4-11-6;1-2-3/h2,6H,3-4H2,1H3,(H,8,9);3H,2H2,1H3. The molecule has 1 saturated heterocycles. The molecule has 0 saturated carbocycles. The molecule has 14 heavy (non-hydrogen) atoms. The van der Waals surface area contributed by atoms with Gasteiger partial charge in [0.2, 0.25) is 0 Å². The number of hydrogen-bond donors (Lipinski definition) is 2. The highest BCUT2D eigenvalue weighted by atomic mass is 16.6. The fourth-order valence-corrected chi connectivity index (χ4v) is 0.495. The largest absolute Gasteiger partial charge is 0.498 e. The maximum Gasteiger partial charge on any atom is 0.334 e. The number of carboxylic acid groups (broad SMARTS) is 1. The van der Waals surface area contributed by atoms with Crippen LogP contribution in [0.5, 0.6) is 0 Å². The lowest BCUT2D eigenvalue weighted by Gasteiger charge is -1.96.